The number of unbranched alkanes of at least 4 members (excludes halogenated alkanes) is 9. The summed E-state index contributed by atoms with van der Waals surface area (Å²) in [4.78, 5) is 22.4. The average molecular weight is 352 g/mol. The predicted molar refractivity (Wildman–Crippen MR) is 96.4 cm³/mol. The zero-order chi connectivity index (χ0) is 17.3. The Balaban J connectivity index is -0.00000242. The minimum atomic E-state index is -0.495. The molecular weight excluding hydrogens is 313 g/mol. The molecule has 0 saturated heterocycles. The van der Waals surface area contributed by atoms with Gasteiger partial charge < -0.3 is 11.5 Å². The number of esters is 2. The number of rotatable bonds is 15. The van der Waals surface area contributed by atoms with Crippen molar-refractivity contribution >= 4 is 11.9 Å². The van der Waals surface area contributed by atoms with Crippen molar-refractivity contribution < 1.29 is 45.3 Å². The van der Waals surface area contributed by atoms with Crippen molar-refractivity contribution in [3.8, 4) is 0 Å². The Kier molecular flexibility index (Phi) is 21.3. The van der Waals surface area contributed by atoms with Crippen LogP contribution in [0.25, 0.3) is 0 Å². The first-order chi connectivity index (χ1) is 11.1. The summed E-state index contributed by atoms with van der Waals surface area (Å²) in [6.07, 6.45) is 14.1. The van der Waals surface area contributed by atoms with Gasteiger partial charge >= 0.3 is 41.5 Å². The third kappa shape index (κ3) is 20.1. The van der Waals surface area contributed by atoms with E-state index < -0.39 is 11.9 Å². The molecule has 0 radical (unpaired) electrons. The molecule has 0 saturated carbocycles. The van der Waals surface area contributed by atoms with E-state index in [0.717, 1.165) is 18.8 Å². The molecule has 0 unspecified atom stereocenters. The Morgan fingerprint density at radius 2 is 1.29 bits per heavy atom. The van der Waals surface area contributed by atoms with Crippen LogP contribution in [-0.4, -0.2) is 25.5 Å². The van der Waals surface area contributed by atoms with Gasteiger partial charge in [-0.2, -0.15) is 0 Å². The summed E-state index contributed by atoms with van der Waals surface area (Å²) >= 11 is 0. The van der Waals surface area contributed by atoms with E-state index in [1.165, 1.54) is 57.8 Å². The summed E-state index contributed by atoms with van der Waals surface area (Å²) < 4.78 is 4.66. The molecule has 0 aliphatic carbocycles. The molecule has 1 N–H and O–H groups in total. The van der Waals surface area contributed by atoms with Crippen molar-refractivity contribution in [3.05, 3.63) is 0 Å². The molecule has 0 aromatic rings. The van der Waals surface area contributed by atoms with Crippen LogP contribution in [0.3, 0.4) is 0 Å². The first-order valence-corrected chi connectivity index (χ1v) is 9.44. The second kappa shape index (κ2) is 19.4. The quantitative estimate of drug-likeness (QED) is 0.211. The fraction of sp³-hybridized carbons (Fsp3) is 0.895. The Morgan fingerprint density at radius 1 is 0.833 bits per heavy atom. The standard InChI is InChI=1S/C19H37NO3.Na.H/c1-17(2)14-12-10-8-6-4-5-7-9-11-13-15-18(21)23-19(22)16-20-3;;/h17,20H,4-16H2,1-3H3;;/q;+1;-1. The third-order valence-corrected chi connectivity index (χ3v) is 3.96. The smallest absolute Gasteiger partial charge is 1.00 e. The fourth-order valence-corrected chi connectivity index (χ4v) is 2.59. The number of carbonyl (C=O) groups is 2. The van der Waals surface area contributed by atoms with E-state index in [-0.39, 0.29) is 37.5 Å². The average Bonchev–Trinajstić information content (AvgIpc) is 2.48. The van der Waals surface area contributed by atoms with E-state index in [4.69, 9.17) is 0 Å². The van der Waals surface area contributed by atoms with Gasteiger partial charge in [-0.1, -0.05) is 78.1 Å². The Labute approximate surface area is 172 Å². The normalized spacial score (nSPS) is 10.5. The number of carbonyl (C=O) groups excluding carboxylic acids is 2. The largest absolute Gasteiger partial charge is 1.00 e. The van der Waals surface area contributed by atoms with E-state index in [0.29, 0.717) is 6.42 Å². The van der Waals surface area contributed by atoms with Crippen LogP contribution < -0.4 is 34.9 Å². The van der Waals surface area contributed by atoms with Gasteiger partial charge in [0.15, 0.2) is 0 Å². The molecule has 4 nitrogen and oxygen atoms in total. The molecule has 0 rings (SSSR count). The van der Waals surface area contributed by atoms with Crippen molar-refractivity contribution in [3.63, 3.8) is 0 Å². The second-order valence-electron chi connectivity index (χ2n) is 6.84. The van der Waals surface area contributed by atoms with Crippen molar-refractivity contribution in [2.24, 2.45) is 5.92 Å². The summed E-state index contributed by atoms with van der Waals surface area (Å²) in [5.41, 5.74) is 0. The molecule has 0 aliphatic heterocycles. The molecule has 138 valence electrons. The van der Waals surface area contributed by atoms with Gasteiger partial charge in [-0.25, -0.2) is 0 Å². The maximum Gasteiger partial charge on any atom is 1.00 e. The molecular formula is C19H38NNaO3. The van der Waals surface area contributed by atoms with Crippen molar-refractivity contribution in [2.75, 3.05) is 13.6 Å². The molecule has 0 aromatic carbocycles. The van der Waals surface area contributed by atoms with Crippen LogP contribution in [0.4, 0.5) is 0 Å². The van der Waals surface area contributed by atoms with Crippen LogP contribution in [0.5, 0.6) is 0 Å². The number of hydrogen-bond acceptors (Lipinski definition) is 4. The molecule has 5 heteroatoms. The minimum Gasteiger partial charge on any atom is -1.00 e. The van der Waals surface area contributed by atoms with Crippen LogP contribution in [0.2, 0.25) is 0 Å². The number of likely N-dealkylation sites (N-methyl/N-ethyl adjacent to an activating group) is 1. The molecule has 0 aliphatic rings. The fourth-order valence-electron chi connectivity index (χ4n) is 2.59. The zero-order valence-electron chi connectivity index (χ0n) is 17.5. The Hall–Kier alpha value is 0.1000. The molecule has 24 heavy (non-hydrogen) atoms. The second-order valence-corrected chi connectivity index (χ2v) is 6.84. The summed E-state index contributed by atoms with van der Waals surface area (Å²) in [5, 5.41) is 2.66. The van der Waals surface area contributed by atoms with E-state index >= 15 is 0 Å². The number of nitrogens with one attached hydrogen (secondary N) is 1. The zero-order valence-corrected chi connectivity index (χ0v) is 18.5. The monoisotopic (exact) mass is 351 g/mol. The van der Waals surface area contributed by atoms with E-state index in [9.17, 15) is 9.59 Å². The number of hydrogen-bond donors (Lipinski definition) is 1. The van der Waals surface area contributed by atoms with Gasteiger partial charge in [0, 0.05) is 6.42 Å². The third-order valence-electron chi connectivity index (χ3n) is 3.96. The minimum absolute atomic E-state index is 0. The van der Waals surface area contributed by atoms with E-state index in [1.807, 2.05) is 0 Å². The first-order valence-electron chi connectivity index (χ1n) is 9.44. The molecule has 0 fully saturated rings. The molecule has 0 spiro atoms. The molecule has 0 atom stereocenters. The summed E-state index contributed by atoms with van der Waals surface area (Å²) in [6, 6.07) is 0. The molecule has 0 aromatic heterocycles. The van der Waals surface area contributed by atoms with Gasteiger partial charge in [-0.05, 0) is 19.4 Å². The van der Waals surface area contributed by atoms with E-state index in [1.54, 1.807) is 7.05 Å². The van der Waals surface area contributed by atoms with Gasteiger partial charge in [-0.3, -0.25) is 9.59 Å². The Bertz CT molecular complexity index is 315. The summed E-state index contributed by atoms with van der Waals surface area (Å²) in [5.74, 6) is -0.0498. The first kappa shape index (κ1) is 26.3. The van der Waals surface area contributed by atoms with Crippen LogP contribution in [0.15, 0.2) is 0 Å². The van der Waals surface area contributed by atoms with Crippen molar-refractivity contribution in [2.45, 2.75) is 90.9 Å². The molecule has 0 heterocycles. The summed E-state index contributed by atoms with van der Waals surface area (Å²) in [6.45, 7) is 4.67. The van der Waals surface area contributed by atoms with Crippen molar-refractivity contribution in [1.82, 2.24) is 5.32 Å². The SMILES string of the molecule is CNCC(=O)OC(=O)CCCCCCCCCCCCC(C)C.[H-].[Na+]. The van der Waals surface area contributed by atoms with Crippen LogP contribution >= 0.6 is 0 Å². The van der Waals surface area contributed by atoms with Gasteiger partial charge in [0.25, 0.3) is 0 Å². The van der Waals surface area contributed by atoms with E-state index in [2.05, 4.69) is 23.9 Å². The predicted octanol–water partition coefficient (Wildman–Crippen LogP) is 1.73. The summed E-state index contributed by atoms with van der Waals surface area (Å²) in [7, 11) is 1.65. The molecule has 0 amide bonds. The maximum absolute atomic E-state index is 11.4. The van der Waals surface area contributed by atoms with Gasteiger partial charge in [0.05, 0.1) is 6.54 Å². The van der Waals surface area contributed by atoms with Gasteiger partial charge in [0.2, 0.25) is 0 Å². The van der Waals surface area contributed by atoms with Gasteiger partial charge in [0.1, 0.15) is 0 Å². The van der Waals surface area contributed by atoms with Crippen LogP contribution in [0.1, 0.15) is 92.3 Å². The maximum atomic E-state index is 11.4. The molecule has 0 bridgehead atoms. The van der Waals surface area contributed by atoms with Crippen molar-refractivity contribution in [1.29, 1.82) is 0 Å². The van der Waals surface area contributed by atoms with Crippen LogP contribution in [0, 0.1) is 5.92 Å². The topological polar surface area (TPSA) is 55.4 Å². The number of ether oxygens (including phenoxy) is 1. The van der Waals surface area contributed by atoms with Gasteiger partial charge in [-0.15, -0.1) is 0 Å². The van der Waals surface area contributed by atoms with Crippen LogP contribution in [-0.2, 0) is 14.3 Å². The Morgan fingerprint density at radius 3 is 1.75 bits per heavy atom.